The van der Waals surface area contributed by atoms with Gasteiger partial charge in [-0.15, -0.1) is 0 Å². The lowest BCUT2D eigenvalue weighted by Gasteiger charge is -2.13. The predicted molar refractivity (Wildman–Crippen MR) is 74.8 cm³/mol. The zero-order valence-corrected chi connectivity index (χ0v) is 10.6. The van der Waals surface area contributed by atoms with Gasteiger partial charge in [-0.05, 0) is 30.2 Å². The number of hydrogen-bond donors (Lipinski definition) is 3. The summed E-state index contributed by atoms with van der Waals surface area (Å²) in [5, 5.41) is 12.3. The van der Waals surface area contributed by atoms with Crippen LogP contribution in [-0.2, 0) is 4.79 Å². The highest BCUT2D eigenvalue weighted by Crippen LogP contribution is 2.24. The first-order valence-electron chi connectivity index (χ1n) is 5.99. The van der Waals surface area contributed by atoms with E-state index < -0.39 is 6.04 Å². The zero-order valence-electron chi connectivity index (χ0n) is 10.6. The minimum atomic E-state index is -0.763. The molecule has 0 aliphatic heterocycles. The maximum atomic E-state index is 12.0. The van der Waals surface area contributed by atoms with Crippen molar-refractivity contribution >= 4 is 11.6 Å². The Balaban J connectivity index is 2.15. The molecule has 0 aliphatic carbocycles. The Hall–Kier alpha value is -2.33. The lowest BCUT2D eigenvalue weighted by molar-refractivity contribution is -0.117. The minimum Gasteiger partial charge on any atom is -0.506 e. The summed E-state index contributed by atoms with van der Waals surface area (Å²) in [6, 6.07) is 13.3. The molecule has 2 aromatic carbocycles. The van der Waals surface area contributed by atoms with Gasteiger partial charge < -0.3 is 16.2 Å². The Kier molecular flexibility index (Phi) is 3.82. The van der Waals surface area contributed by atoms with Crippen LogP contribution >= 0.6 is 0 Å². The molecular weight excluding hydrogens is 240 g/mol. The van der Waals surface area contributed by atoms with Crippen molar-refractivity contribution in [3.63, 3.8) is 0 Å². The van der Waals surface area contributed by atoms with E-state index >= 15 is 0 Å². The first-order chi connectivity index (χ1) is 9.08. The van der Waals surface area contributed by atoms with Gasteiger partial charge in [0.25, 0.3) is 0 Å². The van der Waals surface area contributed by atoms with Gasteiger partial charge in [0, 0.05) is 0 Å². The summed E-state index contributed by atoms with van der Waals surface area (Å²) in [5.41, 5.74) is 7.93. The van der Waals surface area contributed by atoms with Crippen LogP contribution in [0.2, 0.25) is 0 Å². The summed E-state index contributed by atoms with van der Waals surface area (Å²) < 4.78 is 0. The number of aryl methyl sites for hydroxylation is 1. The standard InChI is InChI=1S/C15H16N2O2/c1-10-7-8-13(18)12(9-10)17-15(19)14(16)11-5-3-2-4-6-11/h2-9,14,18H,16H2,1H3,(H,17,19)/t14-/m0/s1. The average molecular weight is 256 g/mol. The number of amides is 1. The van der Waals surface area contributed by atoms with E-state index in [0.29, 0.717) is 5.69 Å². The van der Waals surface area contributed by atoms with E-state index in [2.05, 4.69) is 5.32 Å². The van der Waals surface area contributed by atoms with E-state index in [1.54, 1.807) is 30.3 Å². The summed E-state index contributed by atoms with van der Waals surface area (Å²) in [4.78, 5) is 12.0. The van der Waals surface area contributed by atoms with Crippen molar-refractivity contribution in [2.75, 3.05) is 5.32 Å². The van der Waals surface area contributed by atoms with Crippen molar-refractivity contribution in [3.05, 3.63) is 59.7 Å². The number of phenols is 1. The first kappa shape index (κ1) is 13.1. The van der Waals surface area contributed by atoms with Gasteiger partial charge in [0.2, 0.25) is 5.91 Å². The highest BCUT2D eigenvalue weighted by atomic mass is 16.3. The van der Waals surface area contributed by atoms with Gasteiger partial charge in [0.05, 0.1) is 5.69 Å². The van der Waals surface area contributed by atoms with Crippen molar-refractivity contribution in [3.8, 4) is 5.75 Å². The van der Waals surface area contributed by atoms with Gasteiger partial charge >= 0.3 is 0 Å². The van der Waals surface area contributed by atoms with Gasteiger partial charge in [0.15, 0.2) is 0 Å². The van der Waals surface area contributed by atoms with Crippen LogP contribution in [0.3, 0.4) is 0 Å². The minimum absolute atomic E-state index is 0.0270. The molecule has 0 saturated heterocycles. The Labute approximate surface area is 111 Å². The van der Waals surface area contributed by atoms with Gasteiger partial charge in [-0.25, -0.2) is 0 Å². The molecule has 19 heavy (non-hydrogen) atoms. The number of nitrogens with one attached hydrogen (secondary N) is 1. The van der Waals surface area contributed by atoms with Crippen LogP contribution < -0.4 is 11.1 Å². The Morgan fingerprint density at radius 3 is 2.58 bits per heavy atom. The van der Waals surface area contributed by atoms with Crippen LogP contribution in [0.4, 0.5) is 5.69 Å². The smallest absolute Gasteiger partial charge is 0.245 e. The van der Waals surface area contributed by atoms with E-state index in [1.165, 1.54) is 0 Å². The van der Waals surface area contributed by atoms with Crippen molar-refractivity contribution < 1.29 is 9.90 Å². The number of carbonyl (C=O) groups excluding carboxylic acids is 1. The lowest BCUT2D eigenvalue weighted by atomic mass is 10.1. The van der Waals surface area contributed by atoms with Gasteiger partial charge in [0.1, 0.15) is 11.8 Å². The maximum Gasteiger partial charge on any atom is 0.245 e. The molecule has 0 aromatic heterocycles. The molecule has 0 aliphatic rings. The van der Waals surface area contributed by atoms with Crippen molar-refractivity contribution in [2.24, 2.45) is 5.73 Å². The zero-order chi connectivity index (χ0) is 13.8. The number of phenolic OH excluding ortho intramolecular Hbond substituents is 1. The van der Waals surface area contributed by atoms with Crippen LogP contribution in [0.1, 0.15) is 17.2 Å². The molecule has 0 unspecified atom stereocenters. The number of anilines is 1. The van der Waals surface area contributed by atoms with Gasteiger partial charge in [-0.1, -0.05) is 36.4 Å². The molecule has 4 nitrogen and oxygen atoms in total. The third kappa shape index (κ3) is 3.11. The van der Waals surface area contributed by atoms with E-state index in [0.717, 1.165) is 11.1 Å². The SMILES string of the molecule is Cc1ccc(O)c(NC(=O)[C@@H](N)c2ccccc2)c1. The first-order valence-corrected chi connectivity index (χ1v) is 5.99. The second kappa shape index (κ2) is 5.54. The number of rotatable bonds is 3. The molecular formula is C15H16N2O2. The molecule has 2 aromatic rings. The third-order valence-electron chi connectivity index (χ3n) is 2.85. The van der Waals surface area contributed by atoms with Crippen molar-refractivity contribution in [1.82, 2.24) is 0 Å². The number of nitrogens with two attached hydrogens (primary N) is 1. The van der Waals surface area contributed by atoms with E-state index in [-0.39, 0.29) is 11.7 Å². The Morgan fingerprint density at radius 2 is 1.89 bits per heavy atom. The molecule has 1 amide bonds. The Morgan fingerprint density at radius 1 is 1.21 bits per heavy atom. The van der Waals surface area contributed by atoms with Gasteiger partial charge in [-0.2, -0.15) is 0 Å². The fraction of sp³-hybridized carbons (Fsp3) is 0.133. The van der Waals surface area contributed by atoms with Crippen LogP contribution in [0.25, 0.3) is 0 Å². The van der Waals surface area contributed by atoms with Crippen LogP contribution in [0.5, 0.6) is 5.75 Å². The summed E-state index contributed by atoms with van der Waals surface area (Å²) >= 11 is 0. The molecule has 1 atom stereocenters. The summed E-state index contributed by atoms with van der Waals surface area (Å²) in [6.45, 7) is 1.88. The lowest BCUT2D eigenvalue weighted by Crippen LogP contribution is -2.27. The second-order valence-corrected chi connectivity index (χ2v) is 4.40. The Bertz CT molecular complexity index is 582. The van der Waals surface area contributed by atoms with E-state index in [9.17, 15) is 9.90 Å². The number of carbonyl (C=O) groups is 1. The monoisotopic (exact) mass is 256 g/mol. The quantitative estimate of drug-likeness (QED) is 0.738. The fourth-order valence-corrected chi connectivity index (χ4v) is 1.77. The van der Waals surface area contributed by atoms with E-state index in [1.807, 2.05) is 25.1 Å². The molecule has 0 radical (unpaired) electrons. The highest BCUT2D eigenvalue weighted by Gasteiger charge is 2.16. The van der Waals surface area contributed by atoms with E-state index in [4.69, 9.17) is 5.73 Å². The summed E-state index contributed by atoms with van der Waals surface area (Å²) in [6.07, 6.45) is 0. The average Bonchev–Trinajstić information content (AvgIpc) is 2.43. The number of hydrogen-bond acceptors (Lipinski definition) is 3. The fourth-order valence-electron chi connectivity index (χ4n) is 1.77. The van der Waals surface area contributed by atoms with Crippen molar-refractivity contribution in [1.29, 1.82) is 0 Å². The summed E-state index contributed by atoms with van der Waals surface area (Å²) in [5.74, 6) is -0.327. The molecule has 4 N–H and O–H groups in total. The largest absolute Gasteiger partial charge is 0.506 e. The normalized spacial score (nSPS) is 11.9. The molecule has 0 fully saturated rings. The molecule has 0 saturated carbocycles. The highest BCUT2D eigenvalue weighted by molar-refractivity contribution is 5.96. The van der Waals surface area contributed by atoms with Crippen LogP contribution in [-0.4, -0.2) is 11.0 Å². The molecule has 4 heteroatoms. The second-order valence-electron chi connectivity index (χ2n) is 4.40. The van der Waals surface area contributed by atoms with Crippen LogP contribution in [0, 0.1) is 6.92 Å². The van der Waals surface area contributed by atoms with Crippen molar-refractivity contribution in [2.45, 2.75) is 13.0 Å². The maximum absolute atomic E-state index is 12.0. The molecule has 98 valence electrons. The van der Waals surface area contributed by atoms with Gasteiger partial charge in [-0.3, -0.25) is 4.79 Å². The molecule has 2 rings (SSSR count). The molecule has 0 bridgehead atoms. The topological polar surface area (TPSA) is 75.3 Å². The number of aromatic hydroxyl groups is 1. The molecule has 0 spiro atoms. The van der Waals surface area contributed by atoms with Crippen LogP contribution in [0.15, 0.2) is 48.5 Å². The predicted octanol–water partition coefficient (Wildman–Crippen LogP) is 2.34. The number of benzene rings is 2. The third-order valence-corrected chi connectivity index (χ3v) is 2.85. The summed E-state index contributed by atoms with van der Waals surface area (Å²) in [7, 11) is 0. The molecule has 0 heterocycles.